The molecule has 1 aliphatic carbocycles. The zero-order valence-corrected chi connectivity index (χ0v) is 9.72. The van der Waals surface area contributed by atoms with Gasteiger partial charge in [-0.25, -0.2) is 0 Å². The summed E-state index contributed by atoms with van der Waals surface area (Å²) in [5, 5.41) is 0. The highest BCUT2D eigenvalue weighted by Gasteiger charge is 2.29. The van der Waals surface area contributed by atoms with Crippen molar-refractivity contribution in [2.45, 2.75) is 19.3 Å². The SMILES string of the molecule is CN(CCc1ccncc1)CC(=O)C1CC1. The molecule has 1 aromatic rings. The number of Topliss-reactive ketones (excluding diaryl/α,β-unsaturated/α-hetero) is 1. The van der Waals surface area contributed by atoms with Gasteiger partial charge in [0.15, 0.2) is 0 Å². The lowest BCUT2D eigenvalue weighted by atomic mass is 10.2. The third-order valence-electron chi connectivity index (χ3n) is 2.99. The van der Waals surface area contributed by atoms with Crippen LogP contribution in [-0.4, -0.2) is 35.8 Å². The van der Waals surface area contributed by atoms with E-state index in [1.807, 2.05) is 31.6 Å². The van der Waals surface area contributed by atoms with Crippen LogP contribution in [0.3, 0.4) is 0 Å². The lowest BCUT2D eigenvalue weighted by molar-refractivity contribution is -0.121. The first kappa shape index (κ1) is 11.3. The summed E-state index contributed by atoms with van der Waals surface area (Å²) in [7, 11) is 2.02. The van der Waals surface area contributed by atoms with Crippen LogP contribution in [0, 0.1) is 5.92 Å². The molecule has 0 saturated heterocycles. The molecule has 0 amide bonds. The fourth-order valence-electron chi connectivity index (χ4n) is 1.75. The molecule has 0 N–H and O–H groups in total. The Morgan fingerprint density at radius 1 is 1.44 bits per heavy atom. The van der Waals surface area contributed by atoms with Crippen LogP contribution < -0.4 is 0 Å². The van der Waals surface area contributed by atoms with E-state index in [9.17, 15) is 4.79 Å². The number of nitrogens with zero attached hydrogens (tertiary/aromatic N) is 2. The number of hydrogen-bond acceptors (Lipinski definition) is 3. The number of likely N-dealkylation sites (N-methyl/N-ethyl adjacent to an activating group) is 1. The van der Waals surface area contributed by atoms with Gasteiger partial charge in [-0.2, -0.15) is 0 Å². The smallest absolute Gasteiger partial charge is 0.149 e. The van der Waals surface area contributed by atoms with E-state index in [0.29, 0.717) is 18.2 Å². The van der Waals surface area contributed by atoms with Crippen molar-refractivity contribution in [3.05, 3.63) is 30.1 Å². The van der Waals surface area contributed by atoms with Crippen LogP contribution in [0.2, 0.25) is 0 Å². The molecule has 86 valence electrons. The Hall–Kier alpha value is -1.22. The van der Waals surface area contributed by atoms with E-state index in [2.05, 4.69) is 9.88 Å². The van der Waals surface area contributed by atoms with Crippen molar-refractivity contribution < 1.29 is 4.79 Å². The van der Waals surface area contributed by atoms with Crippen LogP contribution in [-0.2, 0) is 11.2 Å². The third kappa shape index (κ3) is 3.42. The number of carbonyl (C=O) groups is 1. The van der Waals surface area contributed by atoms with Crippen molar-refractivity contribution in [1.82, 2.24) is 9.88 Å². The molecule has 0 aromatic carbocycles. The van der Waals surface area contributed by atoms with Crippen LogP contribution in [0.4, 0.5) is 0 Å². The molecular formula is C13H18N2O. The molecule has 0 radical (unpaired) electrons. The van der Waals surface area contributed by atoms with Crippen LogP contribution in [0.15, 0.2) is 24.5 Å². The van der Waals surface area contributed by atoms with Gasteiger partial charge in [0.05, 0.1) is 6.54 Å². The predicted octanol–water partition coefficient (Wildman–Crippen LogP) is 1.53. The van der Waals surface area contributed by atoms with Gasteiger partial charge in [-0.3, -0.25) is 14.7 Å². The average Bonchev–Trinajstić information content (AvgIpc) is 3.11. The highest BCUT2D eigenvalue weighted by Crippen LogP contribution is 2.29. The van der Waals surface area contributed by atoms with E-state index < -0.39 is 0 Å². The molecule has 0 unspecified atom stereocenters. The van der Waals surface area contributed by atoms with E-state index >= 15 is 0 Å². The maximum absolute atomic E-state index is 11.6. The van der Waals surface area contributed by atoms with Gasteiger partial charge in [0.25, 0.3) is 0 Å². The molecule has 1 heterocycles. The molecule has 0 bridgehead atoms. The van der Waals surface area contributed by atoms with Gasteiger partial charge in [-0.15, -0.1) is 0 Å². The van der Waals surface area contributed by atoms with E-state index in [4.69, 9.17) is 0 Å². The first-order valence-corrected chi connectivity index (χ1v) is 5.86. The first-order valence-electron chi connectivity index (χ1n) is 5.86. The molecule has 0 atom stereocenters. The monoisotopic (exact) mass is 218 g/mol. The molecule has 0 aliphatic heterocycles. The van der Waals surface area contributed by atoms with Gasteiger partial charge < -0.3 is 0 Å². The van der Waals surface area contributed by atoms with Gasteiger partial charge in [0, 0.05) is 24.9 Å². The number of aromatic nitrogens is 1. The van der Waals surface area contributed by atoms with Gasteiger partial charge in [0.1, 0.15) is 5.78 Å². The van der Waals surface area contributed by atoms with E-state index in [-0.39, 0.29) is 0 Å². The number of hydrogen-bond donors (Lipinski definition) is 0. The molecule has 1 aliphatic rings. The van der Waals surface area contributed by atoms with Crippen molar-refractivity contribution in [2.24, 2.45) is 5.92 Å². The Balaban J connectivity index is 1.71. The second-order valence-corrected chi connectivity index (χ2v) is 4.58. The maximum atomic E-state index is 11.6. The van der Waals surface area contributed by atoms with Crippen LogP contribution in [0.1, 0.15) is 18.4 Å². The quantitative estimate of drug-likeness (QED) is 0.726. The normalized spacial score (nSPS) is 15.4. The summed E-state index contributed by atoms with van der Waals surface area (Å²) in [4.78, 5) is 17.7. The molecule has 2 rings (SSSR count). The molecule has 3 nitrogen and oxygen atoms in total. The van der Waals surface area contributed by atoms with Crippen LogP contribution in [0.5, 0.6) is 0 Å². The second-order valence-electron chi connectivity index (χ2n) is 4.58. The van der Waals surface area contributed by atoms with Gasteiger partial charge in [-0.05, 0) is 44.0 Å². The Labute approximate surface area is 96.5 Å². The van der Waals surface area contributed by atoms with Gasteiger partial charge in [-0.1, -0.05) is 0 Å². The zero-order chi connectivity index (χ0) is 11.4. The summed E-state index contributed by atoms with van der Waals surface area (Å²) in [6.45, 7) is 1.54. The summed E-state index contributed by atoms with van der Waals surface area (Å²) in [6.07, 6.45) is 6.82. The topological polar surface area (TPSA) is 33.2 Å². The Bertz CT molecular complexity index is 346. The summed E-state index contributed by atoms with van der Waals surface area (Å²) < 4.78 is 0. The molecule has 1 aromatic heterocycles. The minimum Gasteiger partial charge on any atom is -0.299 e. The van der Waals surface area contributed by atoms with Gasteiger partial charge in [0.2, 0.25) is 0 Å². The third-order valence-corrected chi connectivity index (χ3v) is 2.99. The summed E-state index contributed by atoms with van der Waals surface area (Å²) in [5.41, 5.74) is 1.28. The Morgan fingerprint density at radius 3 is 2.75 bits per heavy atom. The number of rotatable bonds is 6. The molecule has 1 fully saturated rings. The largest absolute Gasteiger partial charge is 0.299 e. The lowest BCUT2D eigenvalue weighted by Crippen LogP contribution is -2.28. The number of ketones is 1. The number of carbonyl (C=O) groups excluding carboxylic acids is 1. The van der Waals surface area contributed by atoms with Crippen LogP contribution in [0.25, 0.3) is 0 Å². The Morgan fingerprint density at radius 2 is 2.12 bits per heavy atom. The second kappa shape index (κ2) is 5.21. The van der Waals surface area contributed by atoms with Crippen molar-refractivity contribution in [3.63, 3.8) is 0 Å². The van der Waals surface area contributed by atoms with Crippen molar-refractivity contribution in [3.8, 4) is 0 Å². The fraction of sp³-hybridized carbons (Fsp3) is 0.538. The van der Waals surface area contributed by atoms with Crippen molar-refractivity contribution >= 4 is 5.78 Å². The number of pyridine rings is 1. The predicted molar refractivity (Wildman–Crippen MR) is 63.2 cm³/mol. The highest BCUT2D eigenvalue weighted by molar-refractivity contribution is 5.84. The Kier molecular flexibility index (Phi) is 3.67. The zero-order valence-electron chi connectivity index (χ0n) is 9.72. The maximum Gasteiger partial charge on any atom is 0.149 e. The summed E-state index contributed by atoms with van der Waals surface area (Å²) in [5.74, 6) is 0.792. The van der Waals surface area contributed by atoms with E-state index in [1.54, 1.807) is 0 Å². The molecule has 1 saturated carbocycles. The first-order chi connectivity index (χ1) is 7.75. The van der Waals surface area contributed by atoms with Crippen LogP contribution >= 0.6 is 0 Å². The van der Waals surface area contributed by atoms with Crippen molar-refractivity contribution in [1.29, 1.82) is 0 Å². The molecule has 16 heavy (non-hydrogen) atoms. The average molecular weight is 218 g/mol. The minimum absolute atomic E-state index is 0.378. The highest BCUT2D eigenvalue weighted by atomic mass is 16.1. The molecule has 0 spiro atoms. The van der Waals surface area contributed by atoms with Crippen molar-refractivity contribution in [2.75, 3.05) is 20.1 Å². The van der Waals surface area contributed by atoms with Gasteiger partial charge >= 0.3 is 0 Å². The van der Waals surface area contributed by atoms with E-state index in [1.165, 1.54) is 5.56 Å². The molecule has 3 heteroatoms. The summed E-state index contributed by atoms with van der Waals surface area (Å²) >= 11 is 0. The summed E-state index contributed by atoms with van der Waals surface area (Å²) in [6, 6.07) is 4.05. The minimum atomic E-state index is 0.378. The fourth-order valence-corrected chi connectivity index (χ4v) is 1.75. The molecular weight excluding hydrogens is 200 g/mol. The standard InChI is InChI=1S/C13H18N2O/c1-15(10-13(16)12-2-3-12)9-6-11-4-7-14-8-5-11/h4-5,7-8,12H,2-3,6,9-10H2,1H3. The van der Waals surface area contributed by atoms with E-state index in [0.717, 1.165) is 25.8 Å². The lowest BCUT2D eigenvalue weighted by Gasteiger charge is -2.15.